The molecule has 0 atom stereocenters. The maximum atomic E-state index is 12.4. The number of anilines is 1. The molecule has 9 nitrogen and oxygen atoms in total. The fraction of sp³-hybridized carbons (Fsp3) is 0.154. The highest BCUT2D eigenvalue weighted by molar-refractivity contribution is 7.13. The maximum absolute atomic E-state index is 12.4. The van der Waals surface area contributed by atoms with Gasteiger partial charge in [-0.2, -0.15) is 5.10 Å². The molecule has 0 aromatic carbocycles. The number of hydrogen-bond donors (Lipinski definition) is 3. The van der Waals surface area contributed by atoms with E-state index in [2.05, 4.69) is 41.5 Å². The number of hydrogen-bond acceptors (Lipinski definition) is 7. The first-order valence-electron chi connectivity index (χ1n) is 11.4. The van der Waals surface area contributed by atoms with Crippen LogP contribution in [-0.4, -0.2) is 41.0 Å². The number of H-pyrrole nitrogens is 2. The Morgan fingerprint density at radius 2 is 1.89 bits per heavy atom. The molecule has 178 valence electrons. The van der Waals surface area contributed by atoms with E-state index in [9.17, 15) is 4.79 Å². The van der Waals surface area contributed by atoms with E-state index in [0.29, 0.717) is 28.5 Å². The fourth-order valence-electron chi connectivity index (χ4n) is 3.88. The summed E-state index contributed by atoms with van der Waals surface area (Å²) < 4.78 is 0. The summed E-state index contributed by atoms with van der Waals surface area (Å²) >= 11 is 1.66. The van der Waals surface area contributed by atoms with E-state index in [1.807, 2.05) is 50.4 Å². The molecule has 10 heteroatoms. The normalized spacial score (nSPS) is 11.9. The molecule has 1 amide bonds. The number of nitrogens with zero attached hydrogens (tertiary/aromatic N) is 5. The van der Waals surface area contributed by atoms with Crippen molar-refractivity contribution in [3.63, 3.8) is 0 Å². The van der Waals surface area contributed by atoms with Gasteiger partial charge in [-0.05, 0) is 29.6 Å². The maximum Gasteiger partial charge on any atom is 0.229 e. The van der Waals surface area contributed by atoms with E-state index in [4.69, 9.17) is 4.98 Å². The SMILES string of the molecule is CC(C)(C)C(=O)Nc1cncc(-c2cnc3[nH]nc(-c4nc5c(-c6cccs6)ccnc5[nH]4)c3c2)c1. The van der Waals surface area contributed by atoms with Gasteiger partial charge in [-0.25, -0.2) is 15.0 Å². The molecule has 0 unspecified atom stereocenters. The van der Waals surface area contributed by atoms with Gasteiger partial charge in [-0.1, -0.05) is 26.8 Å². The molecule has 0 aliphatic carbocycles. The van der Waals surface area contributed by atoms with Crippen LogP contribution >= 0.6 is 11.3 Å². The number of imidazole rings is 1. The molecule has 0 spiro atoms. The highest BCUT2D eigenvalue weighted by Gasteiger charge is 2.22. The third-order valence-corrected chi connectivity index (χ3v) is 6.73. The average Bonchev–Trinajstić information content (AvgIpc) is 3.62. The number of aromatic nitrogens is 7. The molecule has 0 aliphatic rings. The van der Waals surface area contributed by atoms with Crippen LogP contribution in [0.15, 0.2) is 60.5 Å². The molecule has 3 N–H and O–H groups in total. The summed E-state index contributed by atoms with van der Waals surface area (Å²) in [6.45, 7) is 5.61. The van der Waals surface area contributed by atoms with Gasteiger partial charge in [-0.3, -0.25) is 14.9 Å². The summed E-state index contributed by atoms with van der Waals surface area (Å²) in [5.41, 5.74) is 5.61. The third-order valence-electron chi connectivity index (χ3n) is 5.82. The molecule has 0 bridgehead atoms. The summed E-state index contributed by atoms with van der Waals surface area (Å²) in [4.78, 5) is 35.0. The summed E-state index contributed by atoms with van der Waals surface area (Å²) in [7, 11) is 0. The lowest BCUT2D eigenvalue weighted by Gasteiger charge is -2.17. The van der Waals surface area contributed by atoms with Gasteiger partial charge in [-0.15, -0.1) is 11.3 Å². The molecule has 0 saturated carbocycles. The van der Waals surface area contributed by atoms with Gasteiger partial charge >= 0.3 is 0 Å². The van der Waals surface area contributed by atoms with Gasteiger partial charge in [0.1, 0.15) is 11.2 Å². The zero-order valence-electron chi connectivity index (χ0n) is 19.8. The van der Waals surface area contributed by atoms with Gasteiger partial charge in [0.15, 0.2) is 17.1 Å². The predicted octanol–water partition coefficient (Wildman–Crippen LogP) is 5.67. The lowest BCUT2D eigenvalue weighted by Crippen LogP contribution is -2.27. The van der Waals surface area contributed by atoms with Crippen molar-refractivity contribution in [2.75, 3.05) is 5.32 Å². The minimum atomic E-state index is -0.507. The highest BCUT2D eigenvalue weighted by Crippen LogP contribution is 2.33. The number of rotatable bonds is 4. The van der Waals surface area contributed by atoms with E-state index in [0.717, 1.165) is 32.5 Å². The van der Waals surface area contributed by atoms with Crippen molar-refractivity contribution in [2.24, 2.45) is 5.41 Å². The minimum Gasteiger partial charge on any atom is -0.324 e. The molecule has 6 heterocycles. The van der Waals surface area contributed by atoms with Crippen molar-refractivity contribution in [1.29, 1.82) is 0 Å². The van der Waals surface area contributed by atoms with Crippen LogP contribution in [0.4, 0.5) is 5.69 Å². The first kappa shape index (κ1) is 22.1. The summed E-state index contributed by atoms with van der Waals surface area (Å²) in [6, 6.07) is 9.94. The minimum absolute atomic E-state index is 0.0763. The first-order chi connectivity index (χ1) is 17.4. The summed E-state index contributed by atoms with van der Waals surface area (Å²) in [5.74, 6) is 0.531. The standard InChI is InChI=1S/C26H22N8OS/c1-26(2,3)25(35)30-16-9-14(11-27-13-16)15-10-18-21(33-34-22(18)29-12-15)24-31-20-17(19-5-4-8-36-19)6-7-28-23(20)32-24/h4-13H,1-3H3,(H,30,35)(H,28,31,32)(H,29,33,34). The Balaban J connectivity index is 1.40. The molecular weight excluding hydrogens is 472 g/mol. The number of carbonyl (C=O) groups excluding carboxylic acids is 1. The van der Waals surface area contributed by atoms with E-state index in [-0.39, 0.29) is 5.91 Å². The molecule has 0 saturated heterocycles. The van der Waals surface area contributed by atoms with Gasteiger partial charge in [0.25, 0.3) is 0 Å². The van der Waals surface area contributed by atoms with Crippen LogP contribution in [-0.2, 0) is 4.79 Å². The number of amides is 1. The molecule has 0 aliphatic heterocycles. The molecule has 6 aromatic heterocycles. The summed E-state index contributed by atoms with van der Waals surface area (Å²) in [5, 5.41) is 13.3. The van der Waals surface area contributed by atoms with Gasteiger partial charge in [0.2, 0.25) is 5.91 Å². The van der Waals surface area contributed by atoms with E-state index < -0.39 is 5.41 Å². The number of aromatic amines is 2. The van der Waals surface area contributed by atoms with Crippen LogP contribution in [0.1, 0.15) is 20.8 Å². The van der Waals surface area contributed by atoms with Crippen molar-refractivity contribution in [1.82, 2.24) is 35.1 Å². The number of nitrogens with one attached hydrogen (secondary N) is 3. The zero-order chi connectivity index (χ0) is 24.9. The molecule has 36 heavy (non-hydrogen) atoms. The second kappa shape index (κ2) is 8.35. The van der Waals surface area contributed by atoms with E-state index >= 15 is 0 Å². The van der Waals surface area contributed by atoms with Gasteiger partial charge in [0.05, 0.1) is 17.3 Å². The van der Waals surface area contributed by atoms with Crippen molar-refractivity contribution < 1.29 is 4.79 Å². The predicted molar refractivity (Wildman–Crippen MR) is 141 cm³/mol. The van der Waals surface area contributed by atoms with Crippen LogP contribution in [0.5, 0.6) is 0 Å². The van der Waals surface area contributed by atoms with E-state index in [1.165, 1.54) is 0 Å². The Bertz CT molecular complexity index is 1730. The molecule has 6 aromatic rings. The van der Waals surface area contributed by atoms with Crippen LogP contribution in [0.3, 0.4) is 0 Å². The average molecular weight is 495 g/mol. The first-order valence-corrected chi connectivity index (χ1v) is 12.2. The third kappa shape index (κ3) is 3.91. The Labute approximate surface area is 210 Å². The number of thiophene rings is 1. The van der Waals surface area contributed by atoms with Crippen molar-refractivity contribution in [3.05, 3.63) is 60.5 Å². The van der Waals surface area contributed by atoms with Crippen LogP contribution in [0, 0.1) is 5.41 Å². The molecule has 0 fully saturated rings. The summed E-state index contributed by atoms with van der Waals surface area (Å²) in [6.07, 6.45) is 6.91. The fourth-order valence-corrected chi connectivity index (χ4v) is 4.63. The molecule has 6 rings (SSSR count). The Morgan fingerprint density at radius 1 is 1.03 bits per heavy atom. The monoisotopic (exact) mass is 494 g/mol. The van der Waals surface area contributed by atoms with Crippen molar-refractivity contribution >= 4 is 45.1 Å². The van der Waals surface area contributed by atoms with Crippen LogP contribution < -0.4 is 5.32 Å². The largest absolute Gasteiger partial charge is 0.324 e. The second-order valence-corrected chi connectivity index (χ2v) is 10.4. The van der Waals surface area contributed by atoms with Gasteiger partial charge < -0.3 is 10.3 Å². The molecular formula is C26H22N8OS. The smallest absolute Gasteiger partial charge is 0.229 e. The quantitative estimate of drug-likeness (QED) is 0.290. The Kier molecular flexibility index (Phi) is 5.11. The number of fused-ring (bicyclic) bond motifs is 2. The second-order valence-electron chi connectivity index (χ2n) is 9.48. The lowest BCUT2D eigenvalue weighted by molar-refractivity contribution is -0.123. The Morgan fingerprint density at radius 3 is 2.69 bits per heavy atom. The van der Waals surface area contributed by atoms with Crippen molar-refractivity contribution in [3.8, 4) is 33.1 Å². The van der Waals surface area contributed by atoms with Gasteiger partial charge in [0, 0.05) is 45.6 Å². The Hall–Kier alpha value is -4.44. The van der Waals surface area contributed by atoms with E-state index in [1.54, 1.807) is 36.1 Å². The zero-order valence-corrected chi connectivity index (χ0v) is 20.6. The van der Waals surface area contributed by atoms with Crippen LogP contribution in [0.25, 0.3) is 55.3 Å². The highest BCUT2D eigenvalue weighted by atomic mass is 32.1. The lowest BCUT2D eigenvalue weighted by atomic mass is 9.95. The van der Waals surface area contributed by atoms with Crippen LogP contribution in [0.2, 0.25) is 0 Å². The molecule has 0 radical (unpaired) electrons. The van der Waals surface area contributed by atoms with Crippen molar-refractivity contribution in [2.45, 2.75) is 20.8 Å². The topological polar surface area (TPSA) is 125 Å². The number of pyridine rings is 3. The number of carbonyl (C=O) groups is 1.